The predicted molar refractivity (Wildman–Crippen MR) is 143 cm³/mol. The van der Waals surface area contributed by atoms with E-state index in [1.165, 1.54) is 11.1 Å². The van der Waals surface area contributed by atoms with Crippen molar-refractivity contribution in [2.75, 3.05) is 6.61 Å². The standard InChI is InChI=1S/C29H32N2O5S/c1-17-19(11-12-28(30-17)36-14-13-29(2,3)34)21-5-4-6-22-20(9-10-23(21)22)18-7-8-24(25(32)15-18)26-16-27(33)31-37(26)35/h4-8,11-12,15,20,26,32,34H,9-10,13-14,16H2,1-3H3,(H,31,33). The molecule has 5 rings (SSSR count). The van der Waals surface area contributed by atoms with Crippen LogP contribution in [0.25, 0.3) is 11.1 Å². The van der Waals surface area contributed by atoms with Crippen LogP contribution in [0.15, 0.2) is 48.5 Å². The third-order valence-electron chi connectivity index (χ3n) is 7.23. The van der Waals surface area contributed by atoms with Crippen LogP contribution in [0.5, 0.6) is 11.6 Å². The number of phenolic OH excluding ortho intramolecular Hbond substituents is 1. The number of fused-ring (bicyclic) bond motifs is 1. The van der Waals surface area contributed by atoms with E-state index < -0.39 is 21.8 Å². The van der Waals surface area contributed by atoms with Gasteiger partial charge < -0.3 is 14.9 Å². The lowest BCUT2D eigenvalue weighted by Gasteiger charge is -2.18. The highest BCUT2D eigenvalue weighted by atomic mass is 32.2. The number of carbonyl (C=O) groups is 1. The van der Waals surface area contributed by atoms with Crippen LogP contribution in [0.3, 0.4) is 0 Å². The van der Waals surface area contributed by atoms with Crippen molar-refractivity contribution >= 4 is 16.9 Å². The fourth-order valence-corrected chi connectivity index (χ4v) is 6.49. The SMILES string of the molecule is Cc1nc(OCCC(C)(C)O)ccc1-c1cccc2c1CCC2c1ccc(C2CC(=O)NS2=O)c(O)c1. The second-order valence-corrected chi connectivity index (χ2v) is 11.9. The molecule has 3 aromatic rings. The molecular weight excluding hydrogens is 488 g/mol. The van der Waals surface area contributed by atoms with Gasteiger partial charge in [-0.3, -0.25) is 9.52 Å². The number of amides is 1. The molecule has 2 aromatic carbocycles. The van der Waals surface area contributed by atoms with Gasteiger partial charge >= 0.3 is 0 Å². The molecule has 0 saturated carbocycles. The Kier molecular flexibility index (Phi) is 6.81. The van der Waals surface area contributed by atoms with E-state index in [9.17, 15) is 19.2 Å². The Morgan fingerprint density at radius 2 is 1.95 bits per heavy atom. The third kappa shape index (κ3) is 5.26. The zero-order chi connectivity index (χ0) is 26.3. The molecule has 1 aliphatic heterocycles. The van der Waals surface area contributed by atoms with E-state index in [2.05, 4.69) is 27.9 Å². The van der Waals surface area contributed by atoms with E-state index in [-0.39, 0.29) is 24.0 Å². The predicted octanol–water partition coefficient (Wildman–Crippen LogP) is 4.61. The second-order valence-electron chi connectivity index (χ2n) is 10.5. The van der Waals surface area contributed by atoms with Crippen molar-refractivity contribution < 1.29 is 24.0 Å². The smallest absolute Gasteiger partial charge is 0.233 e. The summed E-state index contributed by atoms with van der Waals surface area (Å²) in [7, 11) is -1.52. The quantitative estimate of drug-likeness (QED) is 0.420. The second kappa shape index (κ2) is 9.91. The van der Waals surface area contributed by atoms with Gasteiger partial charge in [-0.2, -0.15) is 0 Å². The number of hydrogen-bond acceptors (Lipinski definition) is 6. The van der Waals surface area contributed by atoms with Gasteiger partial charge in [0.05, 0.1) is 17.5 Å². The van der Waals surface area contributed by atoms with Gasteiger partial charge in [-0.1, -0.05) is 30.3 Å². The summed E-state index contributed by atoms with van der Waals surface area (Å²) >= 11 is 0. The van der Waals surface area contributed by atoms with Crippen LogP contribution in [0.4, 0.5) is 0 Å². The van der Waals surface area contributed by atoms with Crippen molar-refractivity contribution in [3.05, 3.63) is 76.5 Å². The van der Waals surface area contributed by atoms with Crippen molar-refractivity contribution in [3.8, 4) is 22.8 Å². The number of carbonyl (C=O) groups excluding carboxylic acids is 1. The van der Waals surface area contributed by atoms with Gasteiger partial charge in [0.2, 0.25) is 11.8 Å². The van der Waals surface area contributed by atoms with Gasteiger partial charge in [0, 0.05) is 41.6 Å². The first kappa shape index (κ1) is 25.4. The number of nitrogens with one attached hydrogen (secondary N) is 1. The molecule has 194 valence electrons. The Morgan fingerprint density at radius 3 is 2.62 bits per heavy atom. The van der Waals surface area contributed by atoms with Crippen LogP contribution in [0.2, 0.25) is 0 Å². The Morgan fingerprint density at radius 1 is 1.14 bits per heavy atom. The maximum Gasteiger partial charge on any atom is 0.233 e. The molecule has 2 heterocycles. The molecule has 8 heteroatoms. The molecule has 0 spiro atoms. The van der Waals surface area contributed by atoms with Crippen LogP contribution >= 0.6 is 0 Å². The summed E-state index contributed by atoms with van der Waals surface area (Å²) in [6.45, 7) is 5.89. The topological polar surface area (TPSA) is 109 Å². The number of aryl methyl sites for hydroxylation is 1. The molecule has 1 amide bonds. The molecule has 3 unspecified atom stereocenters. The average molecular weight is 521 g/mol. The number of rotatable bonds is 7. The van der Waals surface area contributed by atoms with Crippen LogP contribution in [0.1, 0.15) is 72.2 Å². The lowest BCUT2D eigenvalue weighted by atomic mass is 9.89. The van der Waals surface area contributed by atoms with Crippen molar-refractivity contribution in [1.82, 2.24) is 9.71 Å². The number of benzene rings is 2. The number of ether oxygens (including phenoxy) is 1. The first-order valence-electron chi connectivity index (χ1n) is 12.6. The number of phenols is 1. The van der Waals surface area contributed by atoms with Crippen molar-refractivity contribution in [3.63, 3.8) is 0 Å². The Labute approximate surface area is 219 Å². The Balaban J connectivity index is 1.39. The fraction of sp³-hybridized carbons (Fsp3) is 0.379. The molecule has 1 aliphatic carbocycles. The maximum atomic E-state index is 12.2. The molecule has 1 aromatic heterocycles. The molecule has 7 nitrogen and oxygen atoms in total. The molecule has 3 N–H and O–H groups in total. The van der Waals surface area contributed by atoms with E-state index in [0.717, 1.165) is 35.2 Å². The molecular formula is C29H32N2O5S. The van der Waals surface area contributed by atoms with Crippen LogP contribution in [0, 0.1) is 6.92 Å². The van der Waals surface area contributed by atoms with Gasteiger partial charge in [0.25, 0.3) is 0 Å². The van der Waals surface area contributed by atoms with Crippen molar-refractivity contribution in [2.45, 2.75) is 63.2 Å². The van der Waals surface area contributed by atoms with Crippen LogP contribution in [-0.2, 0) is 22.2 Å². The number of aromatic hydroxyl groups is 1. The molecule has 1 saturated heterocycles. The summed E-state index contributed by atoms with van der Waals surface area (Å²) < 4.78 is 20.4. The average Bonchev–Trinajstić information content (AvgIpc) is 3.41. The first-order chi connectivity index (χ1) is 17.6. The highest BCUT2D eigenvalue weighted by Crippen LogP contribution is 2.44. The molecule has 2 aliphatic rings. The Hall–Kier alpha value is -3.23. The lowest BCUT2D eigenvalue weighted by Crippen LogP contribution is -2.22. The zero-order valence-corrected chi connectivity index (χ0v) is 22.1. The molecule has 3 atom stereocenters. The largest absolute Gasteiger partial charge is 0.508 e. The number of nitrogens with zero attached hydrogens (tertiary/aromatic N) is 1. The van der Waals surface area contributed by atoms with Gasteiger partial charge in [-0.25, -0.2) is 9.19 Å². The minimum absolute atomic E-state index is 0.0807. The highest BCUT2D eigenvalue weighted by molar-refractivity contribution is 7.84. The van der Waals surface area contributed by atoms with Crippen molar-refractivity contribution in [2.24, 2.45) is 0 Å². The number of pyridine rings is 1. The van der Waals surface area contributed by atoms with E-state index in [1.807, 2.05) is 25.1 Å². The van der Waals surface area contributed by atoms with E-state index in [0.29, 0.717) is 24.5 Å². The zero-order valence-electron chi connectivity index (χ0n) is 21.3. The van der Waals surface area contributed by atoms with Crippen LogP contribution in [-0.4, -0.2) is 37.5 Å². The van der Waals surface area contributed by atoms with Crippen LogP contribution < -0.4 is 9.46 Å². The lowest BCUT2D eigenvalue weighted by molar-refractivity contribution is -0.118. The van der Waals surface area contributed by atoms with Gasteiger partial charge in [0.1, 0.15) is 16.7 Å². The summed E-state index contributed by atoms with van der Waals surface area (Å²) in [5, 5.41) is 20.1. The summed E-state index contributed by atoms with van der Waals surface area (Å²) in [4.78, 5) is 16.3. The maximum absolute atomic E-state index is 12.2. The minimum Gasteiger partial charge on any atom is -0.508 e. The number of aliphatic hydroxyl groups is 1. The van der Waals surface area contributed by atoms with E-state index in [4.69, 9.17) is 4.74 Å². The normalized spacial score (nSPS) is 21.1. The monoisotopic (exact) mass is 520 g/mol. The molecule has 1 fully saturated rings. The molecule has 0 radical (unpaired) electrons. The number of aromatic nitrogens is 1. The summed E-state index contributed by atoms with van der Waals surface area (Å²) in [6, 6.07) is 15.8. The third-order valence-corrected chi connectivity index (χ3v) is 8.60. The summed E-state index contributed by atoms with van der Waals surface area (Å²) in [5.41, 5.74) is 6.38. The Bertz CT molecular complexity index is 1380. The first-order valence-corrected chi connectivity index (χ1v) is 13.8. The van der Waals surface area contributed by atoms with Gasteiger partial charge in [-0.05, 0) is 68.0 Å². The number of hydrogen-bond donors (Lipinski definition) is 3. The minimum atomic E-state index is -1.52. The molecule has 37 heavy (non-hydrogen) atoms. The fourth-order valence-electron chi connectivity index (χ4n) is 5.31. The highest BCUT2D eigenvalue weighted by Gasteiger charge is 2.33. The summed E-state index contributed by atoms with van der Waals surface area (Å²) in [6.07, 6.45) is 2.47. The summed E-state index contributed by atoms with van der Waals surface area (Å²) in [5.74, 6) is 0.507. The van der Waals surface area contributed by atoms with Crippen molar-refractivity contribution in [1.29, 1.82) is 0 Å². The van der Waals surface area contributed by atoms with Gasteiger partial charge in [0.15, 0.2) is 0 Å². The van der Waals surface area contributed by atoms with Gasteiger partial charge in [-0.15, -0.1) is 0 Å². The van der Waals surface area contributed by atoms with E-state index in [1.54, 1.807) is 26.0 Å². The van der Waals surface area contributed by atoms with E-state index >= 15 is 0 Å². The molecule has 0 bridgehead atoms.